The van der Waals surface area contributed by atoms with Gasteiger partial charge in [0.2, 0.25) is 0 Å². The van der Waals surface area contributed by atoms with E-state index in [1.165, 1.54) is 18.6 Å². The standard InChI is InChI=1S/C12H17Cl2N3S/c1-12(4-3-5-18-12)7-16-11-9(14)6-8(13)10(15-2)17-11/h6H,3-5,7H2,1-2H3,(H2,15,16,17). The highest BCUT2D eigenvalue weighted by atomic mass is 35.5. The average Bonchev–Trinajstić information content (AvgIpc) is 2.76. The number of halogens is 2. The minimum absolute atomic E-state index is 0.282. The molecule has 1 fully saturated rings. The van der Waals surface area contributed by atoms with Gasteiger partial charge in [-0.3, -0.25) is 0 Å². The van der Waals surface area contributed by atoms with Gasteiger partial charge in [0.05, 0.1) is 10.0 Å². The molecule has 1 aliphatic heterocycles. The highest BCUT2D eigenvalue weighted by molar-refractivity contribution is 8.00. The number of thioether (sulfide) groups is 1. The summed E-state index contributed by atoms with van der Waals surface area (Å²) in [6, 6.07) is 1.72. The van der Waals surface area contributed by atoms with E-state index in [4.69, 9.17) is 23.2 Å². The van der Waals surface area contributed by atoms with Gasteiger partial charge in [0, 0.05) is 18.3 Å². The number of aromatic nitrogens is 1. The summed E-state index contributed by atoms with van der Waals surface area (Å²) in [5.74, 6) is 2.58. The molecule has 1 aromatic heterocycles. The summed E-state index contributed by atoms with van der Waals surface area (Å²) in [7, 11) is 1.79. The minimum Gasteiger partial charge on any atom is -0.372 e. The van der Waals surface area contributed by atoms with Gasteiger partial charge in [-0.15, -0.1) is 0 Å². The Morgan fingerprint density at radius 2 is 2.11 bits per heavy atom. The van der Waals surface area contributed by atoms with Crippen LogP contribution in [0.1, 0.15) is 19.8 Å². The van der Waals surface area contributed by atoms with Crippen molar-refractivity contribution in [2.24, 2.45) is 0 Å². The van der Waals surface area contributed by atoms with Gasteiger partial charge in [-0.05, 0) is 31.6 Å². The lowest BCUT2D eigenvalue weighted by Gasteiger charge is -2.23. The van der Waals surface area contributed by atoms with E-state index in [1.807, 2.05) is 11.8 Å². The van der Waals surface area contributed by atoms with Crippen LogP contribution >= 0.6 is 35.0 Å². The smallest absolute Gasteiger partial charge is 0.147 e. The molecule has 100 valence electrons. The van der Waals surface area contributed by atoms with Crippen molar-refractivity contribution in [2.75, 3.05) is 30.0 Å². The van der Waals surface area contributed by atoms with E-state index in [9.17, 15) is 0 Å². The van der Waals surface area contributed by atoms with E-state index < -0.39 is 0 Å². The first-order valence-corrected chi connectivity index (χ1v) is 7.70. The zero-order valence-electron chi connectivity index (χ0n) is 10.5. The molecule has 0 aromatic carbocycles. The van der Waals surface area contributed by atoms with E-state index in [0.717, 1.165) is 6.54 Å². The molecule has 1 saturated heterocycles. The maximum atomic E-state index is 6.15. The second kappa shape index (κ2) is 5.76. The lowest BCUT2D eigenvalue weighted by Crippen LogP contribution is -2.27. The zero-order chi connectivity index (χ0) is 13.2. The number of pyridine rings is 1. The largest absolute Gasteiger partial charge is 0.372 e. The Labute approximate surface area is 122 Å². The van der Waals surface area contributed by atoms with Crippen LogP contribution in [0.4, 0.5) is 11.6 Å². The highest BCUT2D eigenvalue weighted by Gasteiger charge is 2.29. The molecule has 2 rings (SSSR count). The molecule has 1 unspecified atom stereocenters. The van der Waals surface area contributed by atoms with Crippen LogP contribution in [0.2, 0.25) is 10.0 Å². The fraction of sp³-hybridized carbons (Fsp3) is 0.583. The number of nitrogens with one attached hydrogen (secondary N) is 2. The number of hydrogen-bond donors (Lipinski definition) is 2. The number of nitrogens with zero attached hydrogens (tertiary/aromatic N) is 1. The predicted octanol–water partition coefficient (Wildman–Crippen LogP) is 4.13. The highest BCUT2D eigenvalue weighted by Crippen LogP contribution is 2.38. The second-order valence-corrected chi connectivity index (χ2v) is 7.15. The summed E-state index contributed by atoms with van der Waals surface area (Å²) in [6.45, 7) is 3.15. The molecule has 0 amide bonds. The third-order valence-corrected chi connectivity index (χ3v) is 5.21. The van der Waals surface area contributed by atoms with Gasteiger partial charge in [-0.2, -0.15) is 11.8 Å². The van der Waals surface area contributed by atoms with Crippen molar-refractivity contribution < 1.29 is 0 Å². The van der Waals surface area contributed by atoms with Gasteiger partial charge in [0.25, 0.3) is 0 Å². The van der Waals surface area contributed by atoms with Crippen LogP contribution in [-0.4, -0.2) is 29.1 Å². The lowest BCUT2D eigenvalue weighted by atomic mass is 10.1. The SMILES string of the molecule is CNc1nc(NCC2(C)CCCS2)c(Cl)cc1Cl. The van der Waals surface area contributed by atoms with Gasteiger partial charge in [-0.1, -0.05) is 23.2 Å². The molecule has 1 atom stereocenters. The Kier molecular flexibility index (Phi) is 4.51. The molecular formula is C12H17Cl2N3S. The van der Waals surface area contributed by atoms with Crippen LogP contribution in [0.25, 0.3) is 0 Å². The van der Waals surface area contributed by atoms with Crippen molar-refractivity contribution in [3.05, 3.63) is 16.1 Å². The minimum atomic E-state index is 0.282. The molecule has 0 radical (unpaired) electrons. The third kappa shape index (κ3) is 3.16. The molecule has 6 heteroatoms. The molecule has 0 saturated carbocycles. The first-order chi connectivity index (χ1) is 8.54. The maximum absolute atomic E-state index is 6.15. The van der Waals surface area contributed by atoms with E-state index in [2.05, 4.69) is 22.5 Å². The van der Waals surface area contributed by atoms with Crippen molar-refractivity contribution in [1.82, 2.24) is 4.98 Å². The van der Waals surface area contributed by atoms with Crippen LogP contribution < -0.4 is 10.6 Å². The van der Waals surface area contributed by atoms with Gasteiger partial charge in [0.1, 0.15) is 11.6 Å². The molecule has 0 spiro atoms. The fourth-order valence-corrected chi connectivity index (χ4v) is 3.78. The number of rotatable bonds is 4. The topological polar surface area (TPSA) is 37.0 Å². The van der Waals surface area contributed by atoms with Crippen molar-refractivity contribution in [3.8, 4) is 0 Å². The molecule has 1 aromatic rings. The molecule has 0 bridgehead atoms. The van der Waals surface area contributed by atoms with E-state index in [-0.39, 0.29) is 4.75 Å². The van der Waals surface area contributed by atoms with Gasteiger partial charge >= 0.3 is 0 Å². The van der Waals surface area contributed by atoms with Crippen LogP contribution in [0.5, 0.6) is 0 Å². The lowest BCUT2D eigenvalue weighted by molar-refractivity contribution is 0.634. The van der Waals surface area contributed by atoms with Crippen LogP contribution in [0.15, 0.2) is 6.07 Å². The Morgan fingerprint density at radius 1 is 1.39 bits per heavy atom. The zero-order valence-corrected chi connectivity index (χ0v) is 12.8. The Bertz CT molecular complexity index is 434. The van der Waals surface area contributed by atoms with Gasteiger partial charge < -0.3 is 10.6 Å². The molecule has 1 aliphatic rings. The summed E-state index contributed by atoms with van der Waals surface area (Å²) in [4.78, 5) is 4.39. The van der Waals surface area contributed by atoms with E-state index in [0.29, 0.717) is 21.7 Å². The summed E-state index contributed by atoms with van der Waals surface area (Å²) >= 11 is 14.2. The van der Waals surface area contributed by atoms with Crippen molar-refractivity contribution in [1.29, 1.82) is 0 Å². The molecule has 18 heavy (non-hydrogen) atoms. The molecule has 2 N–H and O–H groups in total. The van der Waals surface area contributed by atoms with Crippen LogP contribution in [0.3, 0.4) is 0 Å². The monoisotopic (exact) mass is 305 g/mol. The normalized spacial score (nSPS) is 23.1. The molecule has 0 aliphatic carbocycles. The van der Waals surface area contributed by atoms with E-state index in [1.54, 1.807) is 13.1 Å². The second-order valence-electron chi connectivity index (χ2n) is 4.65. The van der Waals surface area contributed by atoms with E-state index >= 15 is 0 Å². The summed E-state index contributed by atoms with van der Waals surface area (Å²) < 4.78 is 0.282. The molecule has 3 nitrogen and oxygen atoms in total. The van der Waals surface area contributed by atoms with Crippen molar-refractivity contribution >= 4 is 46.6 Å². The molecule has 2 heterocycles. The number of hydrogen-bond acceptors (Lipinski definition) is 4. The Balaban J connectivity index is 2.09. The fourth-order valence-electron chi connectivity index (χ4n) is 2.01. The summed E-state index contributed by atoms with van der Waals surface area (Å²) in [5.41, 5.74) is 0. The summed E-state index contributed by atoms with van der Waals surface area (Å²) in [6.07, 6.45) is 2.52. The van der Waals surface area contributed by atoms with Crippen molar-refractivity contribution in [3.63, 3.8) is 0 Å². The Morgan fingerprint density at radius 3 is 2.72 bits per heavy atom. The first-order valence-electron chi connectivity index (χ1n) is 5.96. The summed E-state index contributed by atoms with van der Waals surface area (Å²) in [5, 5.41) is 7.39. The van der Waals surface area contributed by atoms with Gasteiger partial charge in [-0.25, -0.2) is 4.98 Å². The van der Waals surface area contributed by atoms with Crippen molar-refractivity contribution in [2.45, 2.75) is 24.5 Å². The quantitative estimate of drug-likeness (QED) is 0.877. The Hall–Kier alpha value is -0.320. The van der Waals surface area contributed by atoms with Gasteiger partial charge in [0.15, 0.2) is 0 Å². The predicted molar refractivity (Wildman–Crippen MR) is 82.4 cm³/mol. The third-order valence-electron chi connectivity index (χ3n) is 3.10. The number of anilines is 2. The maximum Gasteiger partial charge on any atom is 0.147 e. The van der Waals surface area contributed by atoms with Crippen LogP contribution in [-0.2, 0) is 0 Å². The van der Waals surface area contributed by atoms with Crippen LogP contribution in [0, 0.1) is 0 Å². The first kappa shape index (κ1) is 14.1. The molecular weight excluding hydrogens is 289 g/mol. The average molecular weight is 306 g/mol.